The summed E-state index contributed by atoms with van der Waals surface area (Å²) in [6.07, 6.45) is 0.900. The predicted octanol–water partition coefficient (Wildman–Crippen LogP) is 1.40. The third kappa shape index (κ3) is 4.27. The molecule has 19 heavy (non-hydrogen) atoms. The van der Waals surface area contributed by atoms with Gasteiger partial charge < -0.3 is 15.1 Å². The molecule has 0 aliphatic carbocycles. The summed E-state index contributed by atoms with van der Waals surface area (Å²) in [4.78, 5) is 4.82. The van der Waals surface area contributed by atoms with Gasteiger partial charge in [-0.15, -0.1) is 0 Å². The van der Waals surface area contributed by atoms with Crippen molar-refractivity contribution < 1.29 is 0 Å². The largest absolute Gasteiger partial charge is 0.369 e. The SMILES string of the molecule is CNCCC#Cc1ccc(N2CCN(C)CC2)cc1. The fourth-order valence-electron chi connectivity index (χ4n) is 2.17. The van der Waals surface area contributed by atoms with Crippen LogP contribution in [-0.2, 0) is 0 Å². The molecule has 3 nitrogen and oxygen atoms in total. The minimum absolute atomic E-state index is 0.900. The number of nitrogens with zero attached hydrogens (tertiary/aromatic N) is 2. The Balaban J connectivity index is 1.92. The standard InChI is InChI=1S/C16H23N3/c1-17-10-4-3-5-15-6-8-16(9-7-15)19-13-11-18(2)12-14-19/h6-9,17H,4,10-14H2,1-2H3. The molecule has 0 spiro atoms. The zero-order chi connectivity index (χ0) is 13.5. The summed E-state index contributed by atoms with van der Waals surface area (Å²) < 4.78 is 0. The van der Waals surface area contributed by atoms with Gasteiger partial charge in [0.2, 0.25) is 0 Å². The maximum Gasteiger partial charge on any atom is 0.0367 e. The molecule has 0 aromatic heterocycles. The lowest BCUT2D eigenvalue weighted by atomic mass is 10.2. The second-order valence-electron chi connectivity index (χ2n) is 4.99. The molecule has 102 valence electrons. The van der Waals surface area contributed by atoms with Crippen LogP contribution in [0.25, 0.3) is 0 Å². The Morgan fingerprint density at radius 3 is 2.42 bits per heavy atom. The Hall–Kier alpha value is -1.50. The molecule has 0 atom stereocenters. The van der Waals surface area contributed by atoms with Gasteiger partial charge in [-0.1, -0.05) is 11.8 Å². The molecule has 1 heterocycles. The minimum Gasteiger partial charge on any atom is -0.369 e. The lowest BCUT2D eigenvalue weighted by molar-refractivity contribution is 0.313. The van der Waals surface area contributed by atoms with Crippen LogP contribution in [0, 0.1) is 11.8 Å². The number of benzene rings is 1. The van der Waals surface area contributed by atoms with Crippen LogP contribution in [-0.4, -0.2) is 51.7 Å². The van der Waals surface area contributed by atoms with Gasteiger partial charge in [0.05, 0.1) is 0 Å². The van der Waals surface area contributed by atoms with E-state index in [-0.39, 0.29) is 0 Å². The van der Waals surface area contributed by atoms with Crippen molar-refractivity contribution in [1.29, 1.82) is 0 Å². The molecule has 1 saturated heterocycles. The van der Waals surface area contributed by atoms with E-state index in [9.17, 15) is 0 Å². The van der Waals surface area contributed by atoms with Gasteiger partial charge in [-0.2, -0.15) is 0 Å². The van der Waals surface area contributed by atoms with E-state index in [1.54, 1.807) is 0 Å². The summed E-state index contributed by atoms with van der Waals surface area (Å²) in [7, 11) is 4.13. The van der Waals surface area contributed by atoms with Crippen molar-refractivity contribution in [3.05, 3.63) is 29.8 Å². The van der Waals surface area contributed by atoms with E-state index in [1.165, 1.54) is 5.69 Å². The average molecular weight is 257 g/mol. The fourth-order valence-corrected chi connectivity index (χ4v) is 2.17. The smallest absolute Gasteiger partial charge is 0.0367 e. The van der Waals surface area contributed by atoms with Gasteiger partial charge in [0.1, 0.15) is 0 Å². The second-order valence-corrected chi connectivity index (χ2v) is 4.99. The molecule has 1 aromatic rings. The third-order valence-corrected chi connectivity index (χ3v) is 3.47. The van der Waals surface area contributed by atoms with Crippen molar-refractivity contribution >= 4 is 5.69 Å². The lowest BCUT2D eigenvalue weighted by Gasteiger charge is -2.34. The molecule has 1 fully saturated rings. The zero-order valence-corrected chi connectivity index (χ0v) is 11.9. The zero-order valence-electron chi connectivity index (χ0n) is 11.9. The highest BCUT2D eigenvalue weighted by atomic mass is 15.2. The number of nitrogens with one attached hydrogen (secondary N) is 1. The van der Waals surface area contributed by atoms with E-state index in [0.29, 0.717) is 0 Å². The number of piperazine rings is 1. The Morgan fingerprint density at radius 1 is 1.11 bits per heavy atom. The van der Waals surface area contributed by atoms with Gasteiger partial charge in [0.25, 0.3) is 0 Å². The third-order valence-electron chi connectivity index (χ3n) is 3.47. The van der Waals surface area contributed by atoms with E-state index >= 15 is 0 Å². The first-order valence-electron chi connectivity index (χ1n) is 6.96. The molecule has 0 amide bonds. The quantitative estimate of drug-likeness (QED) is 0.652. The summed E-state index contributed by atoms with van der Waals surface area (Å²) >= 11 is 0. The number of rotatable bonds is 3. The molecule has 1 aliphatic heterocycles. The minimum atomic E-state index is 0.900. The highest BCUT2D eigenvalue weighted by molar-refractivity contribution is 5.50. The summed E-state index contributed by atoms with van der Waals surface area (Å²) in [6.45, 7) is 5.47. The van der Waals surface area contributed by atoms with Crippen molar-refractivity contribution in [2.75, 3.05) is 51.7 Å². The predicted molar refractivity (Wildman–Crippen MR) is 81.6 cm³/mol. The number of hydrogen-bond donors (Lipinski definition) is 1. The Kier molecular flexibility index (Phi) is 5.26. The van der Waals surface area contributed by atoms with Gasteiger partial charge in [-0.25, -0.2) is 0 Å². The van der Waals surface area contributed by atoms with Crippen LogP contribution < -0.4 is 10.2 Å². The lowest BCUT2D eigenvalue weighted by Crippen LogP contribution is -2.44. The van der Waals surface area contributed by atoms with E-state index in [0.717, 1.165) is 44.7 Å². The molecule has 0 bridgehead atoms. The highest BCUT2D eigenvalue weighted by Crippen LogP contribution is 2.16. The number of likely N-dealkylation sites (N-methyl/N-ethyl adjacent to an activating group) is 1. The average Bonchev–Trinajstić information content (AvgIpc) is 2.45. The van der Waals surface area contributed by atoms with Gasteiger partial charge in [-0.3, -0.25) is 0 Å². The van der Waals surface area contributed by atoms with Crippen LogP contribution in [0.1, 0.15) is 12.0 Å². The van der Waals surface area contributed by atoms with Crippen molar-refractivity contribution in [2.24, 2.45) is 0 Å². The van der Waals surface area contributed by atoms with Crippen LogP contribution in [0.3, 0.4) is 0 Å². The molecule has 1 aromatic carbocycles. The molecular weight excluding hydrogens is 234 g/mol. The molecule has 3 heteroatoms. The van der Waals surface area contributed by atoms with Crippen molar-refractivity contribution in [2.45, 2.75) is 6.42 Å². The van der Waals surface area contributed by atoms with Crippen LogP contribution in [0.15, 0.2) is 24.3 Å². The topological polar surface area (TPSA) is 18.5 Å². The molecule has 0 unspecified atom stereocenters. The van der Waals surface area contributed by atoms with Crippen LogP contribution >= 0.6 is 0 Å². The molecule has 1 N–H and O–H groups in total. The normalized spacial score (nSPS) is 16.0. The van der Waals surface area contributed by atoms with E-state index in [4.69, 9.17) is 0 Å². The number of hydrogen-bond acceptors (Lipinski definition) is 3. The van der Waals surface area contributed by atoms with Gasteiger partial charge >= 0.3 is 0 Å². The fraction of sp³-hybridized carbons (Fsp3) is 0.500. The van der Waals surface area contributed by atoms with Gasteiger partial charge in [0.15, 0.2) is 0 Å². The van der Waals surface area contributed by atoms with E-state index in [1.807, 2.05) is 7.05 Å². The molecule has 2 rings (SSSR count). The molecule has 0 radical (unpaired) electrons. The summed E-state index contributed by atoms with van der Waals surface area (Å²) in [5, 5.41) is 3.10. The van der Waals surface area contributed by atoms with Gasteiger partial charge in [0, 0.05) is 50.4 Å². The first-order chi connectivity index (χ1) is 9.29. The van der Waals surface area contributed by atoms with Gasteiger partial charge in [-0.05, 0) is 38.4 Å². The molecule has 0 saturated carbocycles. The highest BCUT2D eigenvalue weighted by Gasteiger charge is 2.13. The summed E-state index contributed by atoms with van der Waals surface area (Å²) in [5.41, 5.74) is 2.42. The van der Waals surface area contributed by atoms with Crippen LogP contribution in [0.2, 0.25) is 0 Å². The molecular formula is C16H23N3. The Bertz CT molecular complexity index is 433. The summed E-state index contributed by atoms with van der Waals surface area (Å²) in [5.74, 6) is 6.37. The molecule has 1 aliphatic rings. The van der Waals surface area contributed by atoms with E-state index < -0.39 is 0 Å². The van der Waals surface area contributed by atoms with E-state index in [2.05, 4.69) is 58.3 Å². The number of anilines is 1. The second kappa shape index (κ2) is 7.18. The van der Waals surface area contributed by atoms with Crippen molar-refractivity contribution in [3.63, 3.8) is 0 Å². The van der Waals surface area contributed by atoms with Crippen molar-refractivity contribution in [3.8, 4) is 11.8 Å². The first-order valence-corrected chi connectivity index (χ1v) is 6.96. The summed E-state index contributed by atoms with van der Waals surface area (Å²) in [6, 6.07) is 8.63. The first kappa shape index (κ1) is 13.9. The monoisotopic (exact) mass is 257 g/mol. The van der Waals surface area contributed by atoms with Crippen molar-refractivity contribution in [1.82, 2.24) is 10.2 Å². The Labute approximate surface area is 116 Å². The Morgan fingerprint density at radius 2 is 1.79 bits per heavy atom. The van der Waals surface area contributed by atoms with Crippen LogP contribution in [0.5, 0.6) is 0 Å². The maximum absolute atomic E-state index is 3.20. The maximum atomic E-state index is 3.20. The van der Waals surface area contributed by atoms with Crippen LogP contribution in [0.4, 0.5) is 5.69 Å².